The van der Waals surface area contributed by atoms with Gasteiger partial charge in [0.1, 0.15) is 11.1 Å². The largest absolute Gasteiger partial charge is 0.351 e. The van der Waals surface area contributed by atoms with Crippen molar-refractivity contribution in [2.45, 2.75) is 19.9 Å². The number of nitrogens with one attached hydrogen (secondary N) is 2. The van der Waals surface area contributed by atoms with E-state index in [0.717, 1.165) is 6.07 Å². The van der Waals surface area contributed by atoms with Crippen molar-refractivity contribution in [3.8, 4) is 0 Å². The molecule has 0 unspecified atom stereocenters. The van der Waals surface area contributed by atoms with Crippen LogP contribution in [0.5, 0.6) is 0 Å². The Hall–Kier alpha value is -2.41. The van der Waals surface area contributed by atoms with Gasteiger partial charge in [-0.1, -0.05) is 31.5 Å². The first-order chi connectivity index (χ1) is 10.8. The first kappa shape index (κ1) is 18.6. The Labute approximate surface area is 138 Å². The Morgan fingerprint density at radius 3 is 2.61 bits per heavy atom. The van der Waals surface area contributed by atoms with E-state index in [9.17, 15) is 19.7 Å². The van der Waals surface area contributed by atoms with Gasteiger partial charge in [0.05, 0.1) is 4.92 Å². The standard InChI is InChI=1S/C15H18ClN3O4/c1-4-7-17-15(21)13(9(2)3)18-14(20)10-5-6-11(16)12(8-10)19(22)23/h4-6,8-9,13H,1,7H2,2-3H3,(H,17,21)(H,18,20)/t13-/m0/s1. The fraction of sp³-hybridized carbons (Fsp3) is 0.333. The van der Waals surface area contributed by atoms with E-state index in [0.29, 0.717) is 0 Å². The van der Waals surface area contributed by atoms with E-state index in [-0.39, 0.29) is 34.6 Å². The van der Waals surface area contributed by atoms with Crippen LogP contribution in [-0.2, 0) is 4.79 Å². The molecule has 0 aliphatic heterocycles. The third kappa shape index (κ3) is 5.07. The van der Waals surface area contributed by atoms with E-state index in [1.807, 2.05) is 0 Å². The maximum atomic E-state index is 12.2. The summed E-state index contributed by atoms with van der Waals surface area (Å²) in [6.07, 6.45) is 1.53. The van der Waals surface area contributed by atoms with E-state index in [1.165, 1.54) is 18.2 Å². The molecular weight excluding hydrogens is 322 g/mol. The molecule has 0 saturated heterocycles. The number of nitrogens with zero attached hydrogens (tertiary/aromatic N) is 1. The zero-order chi connectivity index (χ0) is 17.6. The van der Waals surface area contributed by atoms with E-state index in [2.05, 4.69) is 17.2 Å². The minimum Gasteiger partial charge on any atom is -0.351 e. The summed E-state index contributed by atoms with van der Waals surface area (Å²) in [6.45, 7) is 7.34. The summed E-state index contributed by atoms with van der Waals surface area (Å²) in [4.78, 5) is 34.5. The number of carbonyl (C=O) groups is 2. The summed E-state index contributed by atoms with van der Waals surface area (Å²) in [5.74, 6) is -1.10. The summed E-state index contributed by atoms with van der Waals surface area (Å²) < 4.78 is 0. The van der Waals surface area contributed by atoms with Crippen molar-refractivity contribution in [2.24, 2.45) is 5.92 Å². The van der Waals surface area contributed by atoms with Gasteiger partial charge in [0.2, 0.25) is 5.91 Å². The lowest BCUT2D eigenvalue weighted by Gasteiger charge is -2.21. The highest BCUT2D eigenvalue weighted by Crippen LogP contribution is 2.25. The molecule has 0 aromatic heterocycles. The molecule has 1 aromatic rings. The molecule has 8 heteroatoms. The van der Waals surface area contributed by atoms with Gasteiger partial charge in [-0.05, 0) is 18.1 Å². The average molecular weight is 340 g/mol. The van der Waals surface area contributed by atoms with Gasteiger partial charge in [-0.2, -0.15) is 0 Å². The number of carbonyl (C=O) groups excluding carboxylic acids is 2. The summed E-state index contributed by atoms with van der Waals surface area (Å²) in [7, 11) is 0. The van der Waals surface area contributed by atoms with Crippen LogP contribution in [0.2, 0.25) is 5.02 Å². The molecule has 2 N–H and O–H groups in total. The highest BCUT2D eigenvalue weighted by Gasteiger charge is 2.25. The molecular formula is C15H18ClN3O4. The van der Waals surface area contributed by atoms with Gasteiger partial charge in [0, 0.05) is 18.2 Å². The number of benzene rings is 1. The van der Waals surface area contributed by atoms with Crippen molar-refractivity contribution in [1.29, 1.82) is 0 Å². The predicted octanol–water partition coefficient (Wildman–Crippen LogP) is 2.30. The van der Waals surface area contributed by atoms with Crippen LogP contribution in [-0.4, -0.2) is 29.3 Å². The summed E-state index contributed by atoms with van der Waals surface area (Å²) in [5, 5.41) is 16.0. The fourth-order valence-electron chi connectivity index (χ4n) is 1.84. The number of hydrogen-bond donors (Lipinski definition) is 2. The van der Waals surface area contributed by atoms with Gasteiger partial charge >= 0.3 is 0 Å². The van der Waals surface area contributed by atoms with Gasteiger partial charge in [-0.25, -0.2) is 0 Å². The van der Waals surface area contributed by atoms with Gasteiger partial charge < -0.3 is 10.6 Å². The molecule has 7 nitrogen and oxygen atoms in total. The minimum absolute atomic E-state index is 0.0586. The third-order valence-corrected chi connectivity index (χ3v) is 3.38. The van der Waals surface area contributed by atoms with Gasteiger partial charge in [0.25, 0.3) is 11.6 Å². The number of nitro groups is 1. The molecule has 1 rings (SSSR count). The molecule has 23 heavy (non-hydrogen) atoms. The number of hydrogen-bond acceptors (Lipinski definition) is 4. The van der Waals surface area contributed by atoms with Crippen LogP contribution in [0.3, 0.4) is 0 Å². The quantitative estimate of drug-likeness (QED) is 0.452. The topological polar surface area (TPSA) is 101 Å². The highest BCUT2D eigenvalue weighted by atomic mass is 35.5. The fourth-order valence-corrected chi connectivity index (χ4v) is 2.02. The van der Waals surface area contributed by atoms with E-state index < -0.39 is 16.9 Å². The SMILES string of the molecule is C=CCNC(=O)[C@@H](NC(=O)c1ccc(Cl)c([N+](=O)[O-])c1)C(C)C. The van der Waals surface area contributed by atoms with Crippen molar-refractivity contribution in [3.05, 3.63) is 51.6 Å². The Morgan fingerprint density at radius 2 is 2.09 bits per heavy atom. The van der Waals surface area contributed by atoms with Gasteiger partial charge in [-0.15, -0.1) is 6.58 Å². The molecule has 0 saturated carbocycles. The van der Waals surface area contributed by atoms with Crippen LogP contribution in [0, 0.1) is 16.0 Å². The van der Waals surface area contributed by atoms with Crippen molar-refractivity contribution in [3.63, 3.8) is 0 Å². The molecule has 0 radical (unpaired) electrons. The summed E-state index contributed by atoms with van der Waals surface area (Å²) in [5.41, 5.74) is -0.306. The molecule has 0 aliphatic rings. The van der Waals surface area contributed by atoms with Gasteiger partial charge in [-0.3, -0.25) is 19.7 Å². The maximum Gasteiger partial charge on any atom is 0.288 e. The maximum absolute atomic E-state index is 12.2. The Kier molecular flexibility index (Phi) is 6.71. The zero-order valence-corrected chi connectivity index (χ0v) is 13.6. The lowest BCUT2D eigenvalue weighted by Crippen LogP contribution is -2.49. The Bertz CT molecular complexity index is 631. The van der Waals surface area contributed by atoms with Crippen molar-refractivity contribution < 1.29 is 14.5 Å². The molecule has 0 fully saturated rings. The molecule has 0 bridgehead atoms. The summed E-state index contributed by atoms with van der Waals surface area (Å²) >= 11 is 5.71. The normalized spacial score (nSPS) is 11.7. The Balaban J connectivity index is 2.95. The van der Waals surface area contributed by atoms with Crippen LogP contribution in [0.25, 0.3) is 0 Å². The lowest BCUT2D eigenvalue weighted by molar-refractivity contribution is -0.384. The smallest absolute Gasteiger partial charge is 0.288 e. The van der Waals surface area contributed by atoms with Crippen LogP contribution in [0.4, 0.5) is 5.69 Å². The zero-order valence-electron chi connectivity index (χ0n) is 12.8. The van der Waals surface area contributed by atoms with Crippen molar-refractivity contribution >= 4 is 29.1 Å². The van der Waals surface area contributed by atoms with Crippen LogP contribution in [0.1, 0.15) is 24.2 Å². The average Bonchev–Trinajstić information content (AvgIpc) is 2.49. The number of nitro benzene ring substituents is 1. The lowest BCUT2D eigenvalue weighted by atomic mass is 10.0. The molecule has 124 valence electrons. The molecule has 2 amide bonds. The van der Waals surface area contributed by atoms with Crippen LogP contribution in [0.15, 0.2) is 30.9 Å². The first-order valence-corrected chi connectivity index (χ1v) is 7.29. The van der Waals surface area contributed by atoms with E-state index >= 15 is 0 Å². The van der Waals surface area contributed by atoms with E-state index in [4.69, 9.17) is 11.6 Å². The van der Waals surface area contributed by atoms with E-state index in [1.54, 1.807) is 13.8 Å². The molecule has 1 aromatic carbocycles. The van der Waals surface area contributed by atoms with Crippen LogP contribution < -0.4 is 10.6 Å². The molecule has 0 heterocycles. The molecule has 1 atom stereocenters. The number of rotatable bonds is 7. The summed E-state index contributed by atoms with van der Waals surface area (Å²) in [6, 6.07) is 2.95. The highest BCUT2D eigenvalue weighted by molar-refractivity contribution is 6.32. The second-order valence-electron chi connectivity index (χ2n) is 5.15. The van der Waals surface area contributed by atoms with Crippen molar-refractivity contribution in [2.75, 3.05) is 6.54 Å². The predicted molar refractivity (Wildman–Crippen MR) is 87.4 cm³/mol. The monoisotopic (exact) mass is 339 g/mol. The Morgan fingerprint density at radius 1 is 1.43 bits per heavy atom. The minimum atomic E-state index is -0.766. The van der Waals surface area contributed by atoms with Crippen LogP contribution >= 0.6 is 11.6 Å². The number of amides is 2. The first-order valence-electron chi connectivity index (χ1n) is 6.91. The molecule has 0 spiro atoms. The second kappa shape index (κ2) is 8.28. The van der Waals surface area contributed by atoms with Gasteiger partial charge in [0.15, 0.2) is 0 Å². The molecule has 0 aliphatic carbocycles. The third-order valence-electron chi connectivity index (χ3n) is 3.06. The second-order valence-corrected chi connectivity index (χ2v) is 5.56. The number of halogens is 1. The van der Waals surface area contributed by atoms with Crippen molar-refractivity contribution in [1.82, 2.24) is 10.6 Å².